The van der Waals surface area contributed by atoms with E-state index in [4.69, 9.17) is 14.6 Å². The average molecular weight is 443 g/mol. The molecule has 2 heterocycles. The summed E-state index contributed by atoms with van der Waals surface area (Å²) in [6, 6.07) is 26.1. The Bertz CT molecular complexity index is 1270. The first-order chi connectivity index (χ1) is 15.7. The van der Waals surface area contributed by atoms with Crippen molar-refractivity contribution in [1.82, 2.24) is 9.78 Å². The van der Waals surface area contributed by atoms with Crippen LogP contribution in [0.4, 0.5) is 0 Å². The van der Waals surface area contributed by atoms with E-state index >= 15 is 0 Å². The smallest absolute Gasteiger partial charge is 0.359 e. The van der Waals surface area contributed by atoms with Crippen molar-refractivity contribution >= 4 is 17.7 Å². The van der Waals surface area contributed by atoms with Crippen molar-refractivity contribution in [2.75, 3.05) is 6.61 Å². The number of hydrogen-bond donors (Lipinski definition) is 0. The summed E-state index contributed by atoms with van der Waals surface area (Å²) in [5.74, 6) is 1.02. The summed E-state index contributed by atoms with van der Waals surface area (Å²) in [4.78, 5) is 13.8. The summed E-state index contributed by atoms with van der Waals surface area (Å²) >= 11 is 1.71. The van der Waals surface area contributed by atoms with Gasteiger partial charge in [0.2, 0.25) is 0 Å². The number of aromatic nitrogens is 2. The van der Waals surface area contributed by atoms with Gasteiger partial charge in [0.1, 0.15) is 12.4 Å². The molecule has 1 aliphatic rings. The first kappa shape index (κ1) is 20.4. The Hall–Kier alpha value is -3.51. The number of hydrogen-bond acceptors (Lipinski definition) is 5. The number of rotatable bonds is 6. The van der Waals surface area contributed by atoms with Crippen molar-refractivity contribution in [1.29, 1.82) is 0 Å². The number of ether oxygens (including phenoxy) is 2. The van der Waals surface area contributed by atoms with Crippen molar-refractivity contribution in [2.24, 2.45) is 0 Å². The van der Waals surface area contributed by atoms with Gasteiger partial charge in [-0.05, 0) is 30.7 Å². The largest absolute Gasteiger partial charge is 0.489 e. The molecule has 0 N–H and O–H groups in total. The molecule has 0 unspecified atom stereocenters. The standard InChI is InChI=1S/C26H22N2O3S/c1-2-30-26(29)24-22-17-32-23-14-7-6-13-21(23)25(22)28(27-24)19-11-8-12-20(15-19)31-16-18-9-4-3-5-10-18/h3-15H,2,16-17H2,1H3. The molecule has 1 aliphatic heterocycles. The zero-order chi connectivity index (χ0) is 21.9. The molecule has 0 fully saturated rings. The number of nitrogens with zero attached hydrogens (tertiary/aromatic N) is 2. The van der Waals surface area contributed by atoms with Crippen LogP contribution in [0.15, 0.2) is 83.8 Å². The van der Waals surface area contributed by atoms with Crippen LogP contribution in [0.25, 0.3) is 16.9 Å². The maximum Gasteiger partial charge on any atom is 0.359 e. The summed E-state index contributed by atoms with van der Waals surface area (Å²) in [6.45, 7) is 2.60. The first-order valence-corrected chi connectivity index (χ1v) is 11.5. The molecule has 0 aliphatic carbocycles. The number of fused-ring (bicyclic) bond motifs is 3. The first-order valence-electron chi connectivity index (χ1n) is 10.5. The Kier molecular flexibility index (Phi) is 5.69. The van der Waals surface area contributed by atoms with E-state index in [0.29, 0.717) is 24.7 Å². The van der Waals surface area contributed by atoms with E-state index < -0.39 is 0 Å². The van der Waals surface area contributed by atoms with Gasteiger partial charge in [0, 0.05) is 27.8 Å². The molecule has 3 aromatic carbocycles. The molecule has 160 valence electrons. The highest BCUT2D eigenvalue weighted by atomic mass is 32.2. The molecule has 0 saturated carbocycles. The van der Waals surface area contributed by atoms with Gasteiger partial charge in [-0.3, -0.25) is 0 Å². The van der Waals surface area contributed by atoms with Crippen LogP contribution in [0.1, 0.15) is 28.5 Å². The fourth-order valence-electron chi connectivity index (χ4n) is 3.80. The van der Waals surface area contributed by atoms with Crippen LogP contribution in [-0.4, -0.2) is 22.4 Å². The molecule has 1 aromatic heterocycles. The minimum atomic E-state index is -0.390. The van der Waals surface area contributed by atoms with E-state index in [9.17, 15) is 4.79 Å². The van der Waals surface area contributed by atoms with E-state index in [1.165, 1.54) is 4.90 Å². The Morgan fingerprint density at radius 1 is 1.03 bits per heavy atom. The number of benzene rings is 3. The second kappa shape index (κ2) is 8.93. The lowest BCUT2D eigenvalue weighted by Gasteiger charge is -2.18. The Balaban J connectivity index is 1.56. The normalized spacial score (nSPS) is 12.0. The Morgan fingerprint density at radius 2 is 1.84 bits per heavy atom. The van der Waals surface area contributed by atoms with Gasteiger partial charge >= 0.3 is 5.97 Å². The molecule has 0 amide bonds. The summed E-state index contributed by atoms with van der Waals surface area (Å²) < 4.78 is 13.2. The lowest BCUT2D eigenvalue weighted by atomic mass is 10.1. The second-order valence-electron chi connectivity index (χ2n) is 7.36. The molecule has 0 atom stereocenters. The molecule has 0 bridgehead atoms. The number of carbonyl (C=O) groups is 1. The molecule has 0 radical (unpaired) electrons. The molecule has 0 spiro atoms. The predicted molar refractivity (Wildman–Crippen MR) is 125 cm³/mol. The van der Waals surface area contributed by atoms with Crippen molar-refractivity contribution in [3.05, 3.63) is 95.7 Å². The fraction of sp³-hybridized carbons (Fsp3) is 0.154. The molecule has 5 rings (SSSR count). The zero-order valence-corrected chi connectivity index (χ0v) is 18.5. The Morgan fingerprint density at radius 3 is 2.69 bits per heavy atom. The van der Waals surface area contributed by atoms with Crippen molar-refractivity contribution in [3.8, 4) is 22.7 Å². The van der Waals surface area contributed by atoms with Gasteiger partial charge in [-0.2, -0.15) is 5.10 Å². The monoisotopic (exact) mass is 442 g/mol. The Labute approximate surface area is 191 Å². The van der Waals surface area contributed by atoms with Crippen molar-refractivity contribution in [3.63, 3.8) is 0 Å². The van der Waals surface area contributed by atoms with Crippen LogP contribution >= 0.6 is 11.8 Å². The number of esters is 1. The molecule has 0 saturated heterocycles. The topological polar surface area (TPSA) is 53.3 Å². The third-order valence-electron chi connectivity index (χ3n) is 5.28. The van der Waals surface area contributed by atoms with Gasteiger partial charge in [0.05, 0.1) is 18.0 Å². The van der Waals surface area contributed by atoms with Crippen LogP contribution in [0.5, 0.6) is 5.75 Å². The summed E-state index contributed by atoms with van der Waals surface area (Å²) in [7, 11) is 0. The van der Waals surface area contributed by atoms with Crippen molar-refractivity contribution in [2.45, 2.75) is 24.2 Å². The van der Waals surface area contributed by atoms with E-state index in [1.54, 1.807) is 18.7 Å². The molecule has 32 heavy (non-hydrogen) atoms. The quantitative estimate of drug-likeness (QED) is 0.348. The van der Waals surface area contributed by atoms with Gasteiger partial charge in [-0.15, -0.1) is 11.8 Å². The van der Waals surface area contributed by atoms with Crippen LogP contribution in [-0.2, 0) is 17.1 Å². The van der Waals surface area contributed by atoms with Gasteiger partial charge in [0.25, 0.3) is 0 Å². The van der Waals surface area contributed by atoms with Crippen LogP contribution < -0.4 is 4.74 Å². The summed E-state index contributed by atoms with van der Waals surface area (Å²) in [6.07, 6.45) is 0. The van der Waals surface area contributed by atoms with E-state index in [0.717, 1.165) is 33.8 Å². The van der Waals surface area contributed by atoms with Gasteiger partial charge < -0.3 is 9.47 Å². The number of thioether (sulfide) groups is 1. The van der Waals surface area contributed by atoms with Gasteiger partial charge in [-0.25, -0.2) is 9.48 Å². The lowest BCUT2D eigenvalue weighted by Crippen LogP contribution is -2.08. The molecule has 4 aromatic rings. The molecule has 6 heteroatoms. The molecular formula is C26H22N2O3S. The number of carbonyl (C=O) groups excluding carboxylic acids is 1. The van der Waals surface area contributed by atoms with E-state index in [-0.39, 0.29) is 5.97 Å². The van der Waals surface area contributed by atoms with Gasteiger partial charge in [-0.1, -0.05) is 54.6 Å². The highest BCUT2D eigenvalue weighted by Crippen LogP contribution is 2.43. The van der Waals surface area contributed by atoms with Crippen molar-refractivity contribution < 1.29 is 14.3 Å². The third kappa shape index (κ3) is 3.89. The van der Waals surface area contributed by atoms with E-state index in [1.807, 2.05) is 71.4 Å². The maximum absolute atomic E-state index is 12.7. The SMILES string of the molecule is CCOC(=O)c1nn(-c2cccc(OCc3ccccc3)c2)c2c1CSc1ccccc1-2. The average Bonchev–Trinajstić information content (AvgIpc) is 3.24. The maximum atomic E-state index is 12.7. The minimum absolute atomic E-state index is 0.313. The van der Waals surface area contributed by atoms with Crippen LogP contribution in [0.3, 0.4) is 0 Å². The van der Waals surface area contributed by atoms with E-state index in [2.05, 4.69) is 12.1 Å². The minimum Gasteiger partial charge on any atom is -0.489 e. The second-order valence-corrected chi connectivity index (χ2v) is 8.38. The highest BCUT2D eigenvalue weighted by molar-refractivity contribution is 7.98. The van der Waals surface area contributed by atoms with Gasteiger partial charge in [0.15, 0.2) is 5.69 Å². The summed E-state index contributed by atoms with van der Waals surface area (Å²) in [5.41, 5.74) is 5.22. The fourth-order valence-corrected chi connectivity index (χ4v) is 4.87. The third-order valence-corrected chi connectivity index (χ3v) is 6.38. The van der Waals surface area contributed by atoms with Crippen LogP contribution in [0.2, 0.25) is 0 Å². The highest BCUT2D eigenvalue weighted by Gasteiger charge is 2.29. The predicted octanol–water partition coefficient (Wildman–Crippen LogP) is 5.90. The zero-order valence-electron chi connectivity index (χ0n) is 17.7. The summed E-state index contributed by atoms with van der Waals surface area (Å²) in [5, 5.41) is 4.71. The molecule has 5 nitrogen and oxygen atoms in total. The lowest BCUT2D eigenvalue weighted by molar-refractivity contribution is 0.0518. The molecular weight excluding hydrogens is 420 g/mol. The van der Waals surface area contributed by atoms with Crippen LogP contribution in [0, 0.1) is 0 Å².